The van der Waals surface area contributed by atoms with E-state index >= 15 is 0 Å². The highest BCUT2D eigenvalue weighted by Gasteiger charge is 2.20. The van der Waals surface area contributed by atoms with Crippen LogP contribution in [0.4, 0.5) is 0 Å². The summed E-state index contributed by atoms with van der Waals surface area (Å²) >= 11 is 0. The average Bonchev–Trinajstić information content (AvgIpc) is 2.79. The Balaban J connectivity index is 0.00000341. The van der Waals surface area contributed by atoms with Gasteiger partial charge in [-0.3, -0.25) is 9.69 Å². The minimum absolute atomic E-state index is 0. The van der Waals surface area contributed by atoms with Crippen LogP contribution in [0.1, 0.15) is 30.9 Å². The number of guanidine groups is 1. The summed E-state index contributed by atoms with van der Waals surface area (Å²) < 4.78 is 0. The van der Waals surface area contributed by atoms with Crippen LogP contribution in [0, 0.1) is 0 Å². The molecule has 0 aromatic heterocycles. The van der Waals surface area contributed by atoms with Crippen LogP contribution in [0.15, 0.2) is 65.7 Å². The summed E-state index contributed by atoms with van der Waals surface area (Å²) in [6.45, 7) is 6.57. The third-order valence-electron chi connectivity index (χ3n) is 5.23. The van der Waals surface area contributed by atoms with Gasteiger partial charge in [0.1, 0.15) is 6.54 Å². The smallest absolute Gasteiger partial charge is 0.242 e. The zero-order valence-corrected chi connectivity index (χ0v) is 20.5. The summed E-state index contributed by atoms with van der Waals surface area (Å²) in [6, 6.07) is 20.9. The van der Waals surface area contributed by atoms with Crippen molar-refractivity contribution >= 4 is 35.8 Å². The zero-order valence-electron chi connectivity index (χ0n) is 18.2. The number of nitrogens with one attached hydrogen (secondary N) is 3. The van der Waals surface area contributed by atoms with Crippen LogP contribution in [0.3, 0.4) is 0 Å². The number of amides is 1. The predicted molar refractivity (Wildman–Crippen MR) is 138 cm³/mol. The second kappa shape index (κ2) is 14.0. The largest absolute Gasteiger partial charge is 0.357 e. The van der Waals surface area contributed by atoms with Gasteiger partial charge >= 0.3 is 0 Å². The number of carbonyl (C=O) groups excluding carboxylic acids is 1. The lowest BCUT2D eigenvalue weighted by atomic mass is 10.0. The van der Waals surface area contributed by atoms with Crippen molar-refractivity contribution in [3.63, 3.8) is 0 Å². The summed E-state index contributed by atoms with van der Waals surface area (Å²) in [5, 5.41) is 9.68. The molecule has 0 unspecified atom stereocenters. The third-order valence-corrected chi connectivity index (χ3v) is 5.23. The van der Waals surface area contributed by atoms with E-state index in [0.717, 1.165) is 44.6 Å². The van der Waals surface area contributed by atoms with Gasteiger partial charge in [0.15, 0.2) is 5.96 Å². The molecule has 0 saturated carbocycles. The summed E-state index contributed by atoms with van der Waals surface area (Å²) in [4.78, 5) is 19.1. The maximum atomic E-state index is 12.2. The van der Waals surface area contributed by atoms with Crippen molar-refractivity contribution in [2.45, 2.75) is 38.9 Å². The fourth-order valence-corrected chi connectivity index (χ4v) is 3.59. The van der Waals surface area contributed by atoms with E-state index in [4.69, 9.17) is 0 Å². The van der Waals surface area contributed by atoms with E-state index in [2.05, 4.69) is 56.2 Å². The normalized spacial score (nSPS) is 15.1. The number of piperidine rings is 1. The Hall–Kier alpha value is -2.13. The van der Waals surface area contributed by atoms with Gasteiger partial charge in [-0.2, -0.15) is 0 Å². The lowest BCUT2D eigenvalue weighted by Gasteiger charge is -2.33. The molecule has 1 saturated heterocycles. The van der Waals surface area contributed by atoms with Gasteiger partial charge in [-0.1, -0.05) is 60.7 Å². The van der Waals surface area contributed by atoms with Gasteiger partial charge in [0.25, 0.3) is 0 Å². The van der Waals surface area contributed by atoms with Gasteiger partial charge in [0, 0.05) is 38.8 Å². The highest BCUT2D eigenvalue weighted by molar-refractivity contribution is 14.0. The molecular formula is C24H34IN5O. The summed E-state index contributed by atoms with van der Waals surface area (Å²) in [7, 11) is 0. The molecule has 31 heavy (non-hydrogen) atoms. The summed E-state index contributed by atoms with van der Waals surface area (Å²) in [5.74, 6) is 0.641. The Kier molecular flexibility index (Phi) is 11.4. The third kappa shape index (κ3) is 9.26. The van der Waals surface area contributed by atoms with Gasteiger partial charge in [0.2, 0.25) is 5.91 Å². The second-order valence-corrected chi connectivity index (χ2v) is 7.64. The van der Waals surface area contributed by atoms with Crippen molar-refractivity contribution in [1.29, 1.82) is 0 Å². The first-order chi connectivity index (χ1) is 14.7. The molecule has 7 heteroatoms. The standard InChI is InChI=1S/C24H33N5O.HI/c1-2-25-24(27-18-23(30)26-17-20-9-5-3-6-10-20)28-22-13-15-29(16-14-22)19-21-11-7-4-8-12-21;/h3-12,22H,2,13-19H2,1H3,(H,26,30)(H2,25,27,28);1H. The first-order valence-electron chi connectivity index (χ1n) is 10.8. The van der Waals surface area contributed by atoms with E-state index in [-0.39, 0.29) is 36.4 Å². The number of aliphatic imine (C=N–C) groups is 1. The van der Waals surface area contributed by atoms with Crippen molar-refractivity contribution in [3.8, 4) is 0 Å². The minimum atomic E-state index is -0.0752. The topological polar surface area (TPSA) is 68.8 Å². The molecule has 168 valence electrons. The van der Waals surface area contributed by atoms with Gasteiger partial charge < -0.3 is 16.0 Å². The van der Waals surface area contributed by atoms with E-state index in [1.54, 1.807) is 0 Å². The van der Waals surface area contributed by atoms with E-state index in [1.165, 1.54) is 5.56 Å². The first-order valence-corrected chi connectivity index (χ1v) is 10.8. The highest BCUT2D eigenvalue weighted by Crippen LogP contribution is 2.13. The van der Waals surface area contributed by atoms with Crippen molar-refractivity contribution in [3.05, 3.63) is 71.8 Å². The molecule has 1 aliphatic heterocycles. The monoisotopic (exact) mass is 535 g/mol. The van der Waals surface area contributed by atoms with E-state index in [1.807, 2.05) is 37.3 Å². The van der Waals surface area contributed by atoms with E-state index in [0.29, 0.717) is 18.5 Å². The molecule has 0 bridgehead atoms. The SMILES string of the molecule is CCNC(=NCC(=O)NCc1ccccc1)NC1CCN(Cc2ccccc2)CC1.I. The molecule has 1 aliphatic rings. The fourth-order valence-electron chi connectivity index (χ4n) is 3.59. The Morgan fingerprint density at radius 1 is 0.968 bits per heavy atom. The fraction of sp³-hybridized carbons (Fsp3) is 0.417. The number of hydrogen-bond acceptors (Lipinski definition) is 3. The van der Waals surface area contributed by atoms with Gasteiger partial charge in [-0.15, -0.1) is 24.0 Å². The molecule has 6 nitrogen and oxygen atoms in total. The van der Waals surface area contributed by atoms with Crippen molar-refractivity contribution in [1.82, 2.24) is 20.9 Å². The van der Waals surface area contributed by atoms with Crippen LogP contribution in [-0.4, -0.2) is 49.0 Å². The van der Waals surface area contributed by atoms with Crippen molar-refractivity contribution < 1.29 is 4.79 Å². The van der Waals surface area contributed by atoms with Crippen molar-refractivity contribution in [2.24, 2.45) is 4.99 Å². The van der Waals surface area contributed by atoms with Crippen LogP contribution < -0.4 is 16.0 Å². The molecule has 3 rings (SSSR count). The molecule has 2 aromatic carbocycles. The Morgan fingerprint density at radius 2 is 1.58 bits per heavy atom. The molecule has 0 atom stereocenters. The van der Waals surface area contributed by atoms with Crippen LogP contribution in [-0.2, 0) is 17.9 Å². The lowest BCUT2D eigenvalue weighted by molar-refractivity contribution is -0.119. The number of carbonyl (C=O) groups is 1. The number of nitrogens with zero attached hydrogens (tertiary/aromatic N) is 2. The summed E-state index contributed by atoms with van der Waals surface area (Å²) in [5.41, 5.74) is 2.45. The van der Waals surface area contributed by atoms with E-state index < -0.39 is 0 Å². The van der Waals surface area contributed by atoms with Crippen molar-refractivity contribution in [2.75, 3.05) is 26.2 Å². The zero-order chi connectivity index (χ0) is 21.0. The molecule has 1 amide bonds. The predicted octanol–water partition coefficient (Wildman–Crippen LogP) is 3.14. The number of hydrogen-bond donors (Lipinski definition) is 3. The maximum Gasteiger partial charge on any atom is 0.242 e. The quantitative estimate of drug-likeness (QED) is 0.276. The minimum Gasteiger partial charge on any atom is -0.357 e. The second-order valence-electron chi connectivity index (χ2n) is 7.64. The van der Waals surface area contributed by atoms with Crippen LogP contribution in [0.25, 0.3) is 0 Å². The molecule has 2 aromatic rings. The molecule has 0 spiro atoms. The molecule has 0 aliphatic carbocycles. The summed E-state index contributed by atoms with van der Waals surface area (Å²) in [6.07, 6.45) is 2.13. The van der Waals surface area contributed by atoms with Gasteiger partial charge in [0.05, 0.1) is 0 Å². The number of benzene rings is 2. The highest BCUT2D eigenvalue weighted by atomic mass is 127. The Bertz CT molecular complexity index is 792. The van der Waals surface area contributed by atoms with Gasteiger partial charge in [-0.25, -0.2) is 4.99 Å². The molecular weight excluding hydrogens is 501 g/mol. The lowest BCUT2D eigenvalue weighted by Crippen LogP contribution is -2.48. The number of likely N-dealkylation sites (tertiary alicyclic amines) is 1. The van der Waals surface area contributed by atoms with Gasteiger partial charge in [-0.05, 0) is 30.9 Å². The van der Waals surface area contributed by atoms with Crippen LogP contribution >= 0.6 is 24.0 Å². The Labute approximate surface area is 202 Å². The molecule has 1 fully saturated rings. The Morgan fingerprint density at radius 3 is 2.19 bits per heavy atom. The number of rotatable bonds is 8. The maximum absolute atomic E-state index is 12.2. The molecule has 0 radical (unpaired) electrons. The first kappa shape index (κ1) is 25.1. The molecule has 1 heterocycles. The average molecular weight is 535 g/mol. The van der Waals surface area contributed by atoms with Crippen LogP contribution in [0.5, 0.6) is 0 Å². The van der Waals surface area contributed by atoms with Crippen LogP contribution in [0.2, 0.25) is 0 Å². The number of halogens is 1. The molecule has 3 N–H and O–H groups in total. The van der Waals surface area contributed by atoms with E-state index in [9.17, 15) is 4.79 Å².